The van der Waals surface area contributed by atoms with Gasteiger partial charge >= 0.3 is 0 Å². The number of rotatable bonds is 3. The first-order chi connectivity index (χ1) is 19.9. The van der Waals surface area contributed by atoms with Crippen LogP contribution < -0.4 is 11.1 Å². The van der Waals surface area contributed by atoms with Crippen LogP contribution in [0.4, 0.5) is 0 Å². The van der Waals surface area contributed by atoms with E-state index in [1.165, 1.54) is 22.6 Å². The molecule has 6 nitrogen and oxygen atoms in total. The minimum Gasteiger partial charge on any atom is -0.309 e. The van der Waals surface area contributed by atoms with Crippen molar-refractivity contribution < 1.29 is 9.59 Å². The van der Waals surface area contributed by atoms with Crippen LogP contribution in [0, 0.1) is 0 Å². The molecule has 0 saturated carbocycles. The third-order valence-electron chi connectivity index (χ3n) is 6.24. The van der Waals surface area contributed by atoms with Crippen molar-refractivity contribution in [2.75, 3.05) is 0 Å². The monoisotopic (exact) mass is 548 g/mol. The van der Waals surface area contributed by atoms with E-state index in [1.807, 2.05) is 91.9 Å². The van der Waals surface area contributed by atoms with Crippen molar-refractivity contribution in [3.8, 4) is 0 Å². The van der Waals surface area contributed by atoms with Crippen molar-refractivity contribution in [3.05, 3.63) is 135 Å². The summed E-state index contributed by atoms with van der Waals surface area (Å²) in [5.41, 5.74) is 4.05. The maximum absolute atomic E-state index is 11.4. The molecular weight excluding hydrogens is 512 g/mol. The summed E-state index contributed by atoms with van der Waals surface area (Å²) in [7, 11) is 0. The molecule has 0 amide bonds. The standard InChI is InChI=1S/C11H9NO2.C11H11NO.C10H8O.C3H8/c13-8-7-12-10-4-2-1-3-9(10)5-6-11(12)14;1-2-12-10-6-4-3-5-9(10)7-8-11(12)13;11-10-6-5-8-3-1-2-4-9(8)7-10;1-3-2/h1-6,8H,7H2;3-8H,2H2,1H3;1-6H,7H2;3H2,1-2H3. The summed E-state index contributed by atoms with van der Waals surface area (Å²) in [6.07, 6.45) is 6.06. The molecule has 0 unspecified atom stereocenters. The van der Waals surface area contributed by atoms with Crippen LogP contribution in [0.2, 0.25) is 0 Å². The van der Waals surface area contributed by atoms with Crippen LogP contribution in [-0.4, -0.2) is 21.2 Å². The number of ketones is 1. The Bertz CT molecular complexity index is 1760. The van der Waals surface area contributed by atoms with E-state index in [2.05, 4.69) is 13.8 Å². The molecule has 0 N–H and O–H groups in total. The molecule has 2 heterocycles. The van der Waals surface area contributed by atoms with Gasteiger partial charge < -0.3 is 13.9 Å². The number of benzene rings is 3. The third-order valence-corrected chi connectivity index (χ3v) is 6.24. The fraction of sp³-hybridized carbons (Fsp3) is 0.200. The number of hydrogen-bond acceptors (Lipinski definition) is 4. The zero-order valence-electron chi connectivity index (χ0n) is 23.8. The van der Waals surface area contributed by atoms with Gasteiger partial charge in [0.15, 0.2) is 5.78 Å². The second kappa shape index (κ2) is 15.7. The summed E-state index contributed by atoms with van der Waals surface area (Å²) in [6, 6.07) is 30.1. The van der Waals surface area contributed by atoms with Crippen molar-refractivity contribution in [1.29, 1.82) is 0 Å². The predicted octanol–water partition coefficient (Wildman–Crippen LogP) is 6.46. The lowest BCUT2D eigenvalue weighted by Gasteiger charge is -2.07. The molecule has 0 fully saturated rings. The van der Waals surface area contributed by atoms with Gasteiger partial charge in [0.2, 0.25) is 0 Å². The first kappa shape index (κ1) is 30.7. The van der Waals surface area contributed by atoms with Gasteiger partial charge in [-0.25, -0.2) is 0 Å². The summed E-state index contributed by atoms with van der Waals surface area (Å²) in [5, 5.41) is 2.08. The average molecular weight is 549 g/mol. The highest BCUT2D eigenvalue weighted by atomic mass is 16.1. The quantitative estimate of drug-likeness (QED) is 0.242. The van der Waals surface area contributed by atoms with E-state index >= 15 is 0 Å². The second-order valence-electron chi connectivity index (χ2n) is 9.36. The molecular formula is C35H36N2O4. The van der Waals surface area contributed by atoms with Crippen molar-refractivity contribution in [2.45, 2.75) is 46.7 Å². The molecule has 1 aliphatic rings. The van der Waals surface area contributed by atoms with Gasteiger partial charge in [-0.2, -0.15) is 0 Å². The molecule has 210 valence electrons. The van der Waals surface area contributed by atoms with E-state index in [-0.39, 0.29) is 23.4 Å². The molecule has 6 rings (SSSR count). The highest BCUT2D eigenvalue weighted by molar-refractivity contribution is 5.98. The Morgan fingerprint density at radius 1 is 0.634 bits per heavy atom. The minimum absolute atomic E-state index is 0.0706. The predicted molar refractivity (Wildman–Crippen MR) is 168 cm³/mol. The van der Waals surface area contributed by atoms with Gasteiger partial charge in [0.25, 0.3) is 11.1 Å². The first-order valence-corrected chi connectivity index (χ1v) is 13.8. The van der Waals surface area contributed by atoms with Crippen molar-refractivity contribution in [2.24, 2.45) is 0 Å². The van der Waals surface area contributed by atoms with E-state index in [1.54, 1.807) is 22.8 Å². The largest absolute Gasteiger partial charge is 0.309 e. The highest BCUT2D eigenvalue weighted by Gasteiger charge is 2.08. The molecule has 1 aliphatic carbocycles. The number of pyridine rings is 2. The smallest absolute Gasteiger partial charge is 0.251 e. The lowest BCUT2D eigenvalue weighted by molar-refractivity contribution is -0.114. The average Bonchev–Trinajstić information content (AvgIpc) is 3.00. The lowest BCUT2D eigenvalue weighted by atomic mass is 9.97. The Kier molecular flexibility index (Phi) is 11.7. The SMILES string of the molecule is CCC.CCn1c(=O)ccc2ccccc21.O=C1C=Cc2ccccc2C1.O=CCn1c(=O)ccc2ccccc21. The van der Waals surface area contributed by atoms with E-state index in [4.69, 9.17) is 0 Å². The van der Waals surface area contributed by atoms with Gasteiger partial charge in [-0.3, -0.25) is 14.4 Å². The Hall–Kier alpha value is -4.84. The van der Waals surface area contributed by atoms with Crippen LogP contribution >= 0.6 is 0 Å². The van der Waals surface area contributed by atoms with Crippen molar-refractivity contribution >= 4 is 40.0 Å². The zero-order valence-corrected chi connectivity index (χ0v) is 23.8. The molecule has 41 heavy (non-hydrogen) atoms. The van der Waals surface area contributed by atoms with Gasteiger partial charge in [-0.15, -0.1) is 0 Å². The minimum atomic E-state index is -0.143. The highest BCUT2D eigenvalue weighted by Crippen LogP contribution is 2.16. The van der Waals surface area contributed by atoms with Crippen LogP contribution in [0.15, 0.2) is 113 Å². The van der Waals surface area contributed by atoms with Crippen molar-refractivity contribution in [1.82, 2.24) is 9.13 Å². The van der Waals surface area contributed by atoms with Crippen LogP contribution in [0.3, 0.4) is 0 Å². The maximum Gasteiger partial charge on any atom is 0.251 e. The zero-order chi connectivity index (χ0) is 29.6. The van der Waals surface area contributed by atoms with Gasteiger partial charge in [0.05, 0.1) is 17.6 Å². The van der Waals surface area contributed by atoms with E-state index in [0.29, 0.717) is 6.42 Å². The molecule has 0 atom stereocenters. The summed E-state index contributed by atoms with van der Waals surface area (Å²) in [4.78, 5) is 44.2. The fourth-order valence-corrected chi connectivity index (χ4v) is 4.36. The molecule has 0 saturated heterocycles. The normalized spacial score (nSPS) is 11.2. The molecule has 0 spiro atoms. The molecule has 3 aromatic carbocycles. The topological polar surface area (TPSA) is 78.1 Å². The Morgan fingerprint density at radius 2 is 1.15 bits per heavy atom. The number of allylic oxidation sites excluding steroid dienone is 1. The fourth-order valence-electron chi connectivity index (χ4n) is 4.36. The van der Waals surface area contributed by atoms with Crippen LogP contribution in [-0.2, 0) is 29.1 Å². The molecule has 2 aromatic heterocycles. The van der Waals surface area contributed by atoms with Crippen molar-refractivity contribution in [3.63, 3.8) is 0 Å². The van der Waals surface area contributed by atoms with E-state index in [0.717, 1.165) is 40.2 Å². The van der Waals surface area contributed by atoms with Gasteiger partial charge in [-0.05, 0) is 59.2 Å². The number of carbonyl (C=O) groups excluding carboxylic acids is 2. The van der Waals surface area contributed by atoms with Gasteiger partial charge in [-0.1, -0.05) is 87.0 Å². The Balaban J connectivity index is 0.000000162. The number of para-hydroxylation sites is 2. The number of aromatic nitrogens is 2. The first-order valence-electron chi connectivity index (χ1n) is 13.8. The Morgan fingerprint density at radius 3 is 1.73 bits per heavy atom. The summed E-state index contributed by atoms with van der Waals surface area (Å²) in [5.74, 6) is 0.198. The van der Waals surface area contributed by atoms with Gasteiger partial charge in [0.1, 0.15) is 6.29 Å². The van der Waals surface area contributed by atoms with Gasteiger partial charge in [0, 0.05) is 25.1 Å². The molecule has 6 heteroatoms. The van der Waals surface area contributed by atoms with Crippen LogP contribution in [0.5, 0.6) is 0 Å². The van der Waals surface area contributed by atoms with E-state index < -0.39 is 0 Å². The van der Waals surface area contributed by atoms with E-state index in [9.17, 15) is 19.2 Å². The lowest BCUT2D eigenvalue weighted by Crippen LogP contribution is -2.19. The summed E-state index contributed by atoms with van der Waals surface area (Å²) >= 11 is 0. The number of carbonyl (C=O) groups is 2. The number of aldehydes is 1. The second-order valence-corrected chi connectivity index (χ2v) is 9.36. The van der Waals surface area contributed by atoms with Crippen LogP contribution in [0.1, 0.15) is 38.3 Å². The molecule has 0 bridgehead atoms. The molecule has 5 aromatic rings. The maximum atomic E-state index is 11.4. The summed E-state index contributed by atoms with van der Waals surface area (Å²) in [6.45, 7) is 7.06. The van der Waals surface area contributed by atoms with Crippen LogP contribution in [0.25, 0.3) is 27.9 Å². The number of nitrogens with zero attached hydrogens (tertiary/aromatic N) is 2. The third kappa shape index (κ3) is 8.32. The number of aryl methyl sites for hydroxylation is 1. The Labute approximate surface area is 240 Å². The number of fused-ring (bicyclic) bond motifs is 3. The molecule has 0 radical (unpaired) electrons. The molecule has 0 aliphatic heterocycles. The summed E-state index contributed by atoms with van der Waals surface area (Å²) < 4.78 is 3.23. The number of hydrogen-bond donors (Lipinski definition) is 0.